The number of alkyl halides is 3. The summed E-state index contributed by atoms with van der Waals surface area (Å²) < 4.78 is 61.4. The van der Waals surface area contributed by atoms with E-state index in [0.717, 1.165) is 0 Å². The van der Waals surface area contributed by atoms with E-state index in [1.807, 2.05) is 0 Å². The van der Waals surface area contributed by atoms with Crippen molar-refractivity contribution in [3.8, 4) is 0 Å². The van der Waals surface area contributed by atoms with Crippen LogP contribution >= 0.6 is 0 Å². The normalized spacial score (nSPS) is 13.9. The third kappa shape index (κ3) is 5.55. The highest BCUT2D eigenvalue weighted by molar-refractivity contribution is 7.87. The van der Waals surface area contributed by atoms with Gasteiger partial charge in [-0.15, -0.1) is 0 Å². The first-order valence-electron chi connectivity index (χ1n) is 5.22. The average Bonchev–Trinajstić information content (AvgIpc) is 2.34. The molecule has 0 spiro atoms. The Hall–Kier alpha value is -1.65. The van der Waals surface area contributed by atoms with E-state index >= 15 is 0 Å². The van der Waals surface area contributed by atoms with Gasteiger partial charge in [-0.2, -0.15) is 31.0 Å². The Bertz CT molecular complexity index is 560. The van der Waals surface area contributed by atoms with Crippen molar-refractivity contribution >= 4 is 16.2 Å². The van der Waals surface area contributed by atoms with Crippen LogP contribution in [0.4, 0.5) is 13.2 Å². The number of carboxylic acids is 1. The van der Waals surface area contributed by atoms with Crippen molar-refractivity contribution in [2.45, 2.75) is 12.2 Å². The van der Waals surface area contributed by atoms with E-state index in [0.29, 0.717) is 0 Å². The molecule has 112 valence electrons. The van der Waals surface area contributed by atoms with Crippen LogP contribution in [0.3, 0.4) is 0 Å². The van der Waals surface area contributed by atoms with E-state index in [4.69, 9.17) is 5.11 Å². The van der Waals surface area contributed by atoms with Gasteiger partial charge in [0.05, 0.1) is 0 Å². The summed E-state index contributed by atoms with van der Waals surface area (Å²) in [7, 11) is -4.61. The van der Waals surface area contributed by atoms with Crippen molar-refractivity contribution in [1.29, 1.82) is 0 Å². The molecule has 20 heavy (non-hydrogen) atoms. The second-order valence-electron chi connectivity index (χ2n) is 3.74. The average molecular weight is 312 g/mol. The van der Waals surface area contributed by atoms with Gasteiger partial charge in [-0.05, 0) is 5.56 Å². The fourth-order valence-electron chi connectivity index (χ4n) is 1.28. The lowest BCUT2D eigenvalue weighted by Crippen LogP contribution is -2.44. The Kier molecular flexibility index (Phi) is 5.09. The number of rotatable bonds is 6. The van der Waals surface area contributed by atoms with Gasteiger partial charge >= 0.3 is 12.1 Å². The predicted molar refractivity (Wildman–Crippen MR) is 62.9 cm³/mol. The van der Waals surface area contributed by atoms with Crippen LogP contribution in [0.5, 0.6) is 0 Å². The molecule has 1 rings (SSSR count). The summed E-state index contributed by atoms with van der Waals surface area (Å²) in [5.41, 5.74) is 0.0948. The lowest BCUT2D eigenvalue weighted by atomic mass is 10.1. The van der Waals surface area contributed by atoms with Crippen molar-refractivity contribution < 1.29 is 31.5 Å². The number of benzene rings is 1. The number of aliphatic carboxylic acids is 1. The minimum atomic E-state index is -4.74. The van der Waals surface area contributed by atoms with E-state index in [1.165, 1.54) is 29.0 Å². The summed E-state index contributed by atoms with van der Waals surface area (Å²) >= 11 is 0. The first kappa shape index (κ1) is 16.4. The van der Waals surface area contributed by atoms with E-state index in [2.05, 4.69) is 0 Å². The highest BCUT2D eigenvalue weighted by Crippen LogP contribution is 2.15. The van der Waals surface area contributed by atoms with Crippen molar-refractivity contribution in [2.75, 3.05) is 6.54 Å². The van der Waals surface area contributed by atoms with E-state index in [9.17, 15) is 26.4 Å². The molecule has 0 heterocycles. The van der Waals surface area contributed by atoms with Gasteiger partial charge in [0.15, 0.2) is 0 Å². The second-order valence-corrected chi connectivity index (χ2v) is 5.27. The molecular formula is C10H11F3N2O4S. The Labute approximate surface area is 112 Å². The number of hydrogen-bond donors (Lipinski definition) is 3. The van der Waals surface area contributed by atoms with Gasteiger partial charge in [-0.25, -0.2) is 0 Å². The summed E-state index contributed by atoms with van der Waals surface area (Å²) in [5, 5.41) is 8.94. The van der Waals surface area contributed by atoms with E-state index in [1.54, 1.807) is 10.8 Å². The van der Waals surface area contributed by atoms with Crippen LogP contribution in [-0.2, 0) is 15.0 Å². The highest BCUT2D eigenvalue weighted by atomic mass is 32.2. The first-order chi connectivity index (χ1) is 9.11. The van der Waals surface area contributed by atoms with Crippen LogP contribution in [0, 0.1) is 0 Å². The first-order valence-corrected chi connectivity index (χ1v) is 6.70. The fourth-order valence-corrected chi connectivity index (χ4v) is 2.26. The summed E-state index contributed by atoms with van der Waals surface area (Å²) in [6.45, 7) is -1.79. The molecule has 0 radical (unpaired) electrons. The number of hydrogen-bond acceptors (Lipinski definition) is 3. The fraction of sp³-hybridized carbons (Fsp3) is 0.300. The Morgan fingerprint density at radius 3 is 2.25 bits per heavy atom. The highest BCUT2D eigenvalue weighted by Gasteiger charge is 2.31. The van der Waals surface area contributed by atoms with Crippen LogP contribution < -0.4 is 9.44 Å². The van der Waals surface area contributed by atoms with Gasteiger partial charge in [-0.3, -0.25) is 4.79 Å². The van der Waals surface area contributed by atoms with Gasteiger partial charge < -0.3 is 5.11 Å². The summed E-state index contributed by atoms with van der Waals surface area (Å²) in [4.78, 5) is 11.0. The second kappa shape index (κ2) is 6.20. The summed E-state index contributed by atoms with van der Waals surface area (Å²) in [6.07, 6.45) is -4.74. The zero-order valence-corrected chi connectivity index (χ0v) is 10.7. The zero-order valence-electron chi connectivity index (χ0n) is 9.89. The summed E-state index contributed by atoms with van der Waals surface area (Å²) in [6, 6.07) is 5.53. The minimum absolute atomic E-state index is 0.0948. The smallest absolute Gasteiger partial charge is 0.402 e. The predicted octanol–water partition coefficient (Wildman–Crippen LogP) is 0.799. The summed E-state index contributed by atoms with van der Waals surface area (Å²) in [5.74, 6) is -1.53. The molecule has 3 N–H and O–H groups in total. The van der Waals surface area contributed by atoms with Gasteiger partial charge in [0.2, 0.25) is 0 Å². The van der Waals surface area contributed by atoms with E-state index < -0.39 is 34.9 Å². The van der Waals surface area contributed by atoms with Gasteiger partial charge in [0.1, 0.15) is 12.6 Å². The lowest BCUT2D eigenvalue weighted by molar-refractivity contribution is -0.139. The molecule has 1 aromatic rings. The Morgan fingerprint density at radius 2 is 1.80 bits per heavy atom. The molecule has 0 saturated heterocycles. The number of carbonyl (C=O) groups is 1. The topological polar surface area (TPSA) is 95.5 Å². The number of nitrogens with one attached hydrogen (secondary N) is 2. The quantitative estimate of drug-likeness (QED) is 0.724. The molecule has 0 amide bonds. The molecule has 0 unspecified atom stereocenters. The van der Waals surface area contributed by atoms with Crippen molar-refractivity contribution in [3.05, 3.63) is 35.9 Å². The third-order valence-corrected chi connectivity index (χ3v) is 3.19. The molecule has 0 aliphatic rings. The van der Waals surface area contributed by atoms with Crippen molar-refractivity contribution in [2.24, 2.45) is 0 Å². The third-order valence-electron chi connectivity index (χ3n) is 2.12. The standard InChI is InChI=1S/C10H11F3N2O4S/c11-10(12,13)6-14-20(18,19)15-8(9(16)17)7-4-2-1-3-5-7/h1-5,8,14-15H,6H2,(H,16,17)/t8-/m0/s1. The molecule has 10 heteroatoms. The monoisotopic (exact) mass is 312 g/mol. The van der Waals surface area contributed by atoms with Crippen LogP contribution in [0.15, 0.2) is 30.3 Å². The molecule has 0 aliphatic heterocycles. The van der Waals surface area contributed by atoms with Crippen molar-refractivity contribution in [3.63, 3.8) is 0 Å². The molecule has 0 aliphatic carbocycles. The van der Waals surface area contributed by atoms with Gasteiger partial charge in [0.25, 0.3) is 10.2 Å². The largest absolute Gasteiger partial charge is 0.480 e. The maximum Gasteiger partial charge on any atom is 0.402 e. The minimum Gasteiger partial charge on any atom is -0.480 e. The Balaban J connectivity index is 2.84. The maximum atomic E-state index is 11.9. The molecule has 1 atom stereocenters. The van der Waals surface area contributed by atoms with E-state index in [-0.39, 0.29) is 5.56 Å². The molecule has 0 bridgehead atoms. The van der Waals surface area contributed by atoms with Gasteiger partial charge in [-0.1, -0.05) is 30.3 Å². The molecule has 0 saturated carbocycles. The molecule has 0 aromatic heterocycles. The number of carboxylic acid groups (broad SMARTS) is 1. The maximum absolute atomic E-state index is 11.9. The van der Waals surface area contributed by atoms with Crippen LogP contribution in [0.2, 0.25) is 0 Å². The zero-order chi connectivity index (χ0) is 15.4. The molecule has 0 fully saturated rings. The Morgan fingerprint density at radius 1 is 1.25 bits per heavy atom. The molecule has 1 aromatic carbocycles. The van der Waals surface area contributed by atoms with Crippen molar-refractivity contribution in [1.82, 2.24) is 9.44 Å². The molecular weight excluding hydrogens is 301 g/mol. The SMILES string of the molecule is O=C(O)[C@@H](NS(=O)(=O)NCC(F)(F)F)c1ccccc1. The lowest BCUT2D eigenvalue weighted by Gasteiger charge is -2.16. The van der Waals surface area contributed by atoms with Crippen LogP contribution in [0.25, 0.3) is 0 Å². The van der Waals surface area contributed by atoms with Crippen LogP contribution in [-0.4, -0.2) is 32.2 Å². The molecule has 6 nitrogen and oxygen atoms in total. The van der Waals surface area contributed by atoms with Crippen LogP contribution in [0.1, 0.15) is 11.6 Å². The number of halogens is 3. The van der Waals surface area contributed by atoms with Gasteiger partial charge in [0, 0.05) is 0 Å².